The SMILES string of the molecule is COc1cc(/C=N\NC(=O)CNc2cccc3ccccc23)ccc1OC(=O)c1ccccc1. The Morgan fingerprint density at radius 1 is 0.882 bits per heavy atom. The maximum absolute atomic E-state index is 12.3. The number of rotatable bonds is 8. The van der Waals surface area contributed by atoms with E-state index in [2.05, 4.69) is 15.8 Å². The van der Waals surface area contributed by atoms with Gasteiger partial charge < -0.3 is 14.8 Å². The number of hydrazone groups is 1. The molecule has 4 aromatic rings. The minimum atomic E-state index is -0.480. The van der Waals surface area contributed by atoms with Crippen molar-refractivity contribution in [1.29, 1.82) is 0 Å². The van der Waals surface area contributed by atoms with Crippen molar-refractivity contribution in [3.63, 3.8) is 0 Å². The number of hydrogen-bond donors (Lipinski definition) is 2. The summed E-state index contributed by atoms with van der Waals surface area (Å²) in [5, 5.41) is 9.28. The third-order valence-corrected chi connectivity index (χ3v) is 5.03. The molecule has 0 heterocycles. The number of ether oxygens (including phenoxy) is 2. The van der Waals surface area contributed by atoms with E-state index in [4.69, 9.17) is 9.47 Å². The molecule has 0 atom stereocenters. The van der Waals surface area contributed by atoms with Gasteiger partial charge >= 0.3 is 5.97 Å². The van der Waals surface area contributed by atoms with Gasteiger partial charge in [0.25, 0.3) is 5.91 Å². The zero-order chi connectivity index (χ0) is 23.8. The summed E-state index contributed by atoms with van der Waals surface area (Å²) < 4.78 is 10.8. The number of hydrogen-bond acceptors (Lipinski definition) is 6. The first-order valence-corrected chi connectivity index (χ1v) is 10.6. The zero-order valence-electron chi connectivity index (χ0n) is 18.5. The summed E-state index contributed by atoms with van der Waals surface area (Å²) in [7, 11) is 1.48. The summed E-state index contributed by atoms with van der Waals surface area (Å²) in [6.07, 6.45) is 1.49. The highest BCUT2D eigenvalue weighted by Crippen LogP contribution is 2.28. The maximum atomic E-state index is 12.3. The van der Waals surface area contributed by atoms with E-state index in [0.29, 0.717) is 16.9 Å². The topological polar surface area (TPSA) is 89.0 Å². The normalized spacial score (nSPS) is 10.7. The van der Waals surface area contributed by atoms with E-state index in [1.165, 1.54) is 13.3 Å². The number of methoxy groups -OCH3 is 1. The highest BCUT2D eigenvalue weighted by Gasteiger charge is 2.12. The molecule has 0 aliphatic rings. The molecule has 0 bridgehead atoms. The smallest absolute Gasteiger partial charge is 0.343 e. The third-order valence-electron chi connectivity index (χ3n) is 5.03. The molecule has 34 heavy (non-hydrogen) atoms. The van der Waals surface area contributed by atoms with E-state index in [1.54, 1.807) is 42.5 Å². The molecule has 7 heteroatoms. The van der Waals surface area contributed by atoms with Crippen molar-refractivity contribution in [2.75, 3.05) is 19.0 Å². The molecule has 0 fully saturated rings. The van der Waals surface area contributed by atoms with Crippen LogP contribution in [0.3, 0.4) is 0 Å². The molecule has 0 saturated heterocycles. The average molecular weight is 453 g/mol. The Kier molecular flexibility index (Phi) is 7.15. The van der Waals surface area contributed by atoms with Crippen LogP contribution in [0, 0.1) is 0 Å². The van der Waals surface area contributed by atoms with E-state index >= 15 is 0 Å². The Bertz CT molecular complexity index is 1330. The molecule has 0 unspecified atom stereocenters. The molecular formula is C27H23N3O4. The number of nitrogens with one attached hydrogen (secondary N) is 2. The first kappa shape index (κ1) is 22.5. The summed E-state index contributed by atoms with van der Waals surface area (Å²) in [5.74, 6) is -0.107. The van der Waals surface area contributed by atoms with Crippen molar-refractivity contribution >= 4 is 34.6 Å². The predicted octanol–water partition coefficient (Wildman–Crippen LogP) is 4.63. The fourth-order valence-electron chi connectivity index (χ4n) is 3.36. The van der Waals surface area contributed by atoms with E-state index in [1.807, 2.05) is 48.5 Å². The Morgan fingerprint density at radius 2 is 1.65 bits per heavy atom. The van der Waals surface area contributed by atoms with Crippen LogP contribution in [-0.2, 0) is 4.79 Å². The lowest BCUT2D eigenvalue weighted by Crippen LogP contribution is -2.25. The van der Waals surface area contributed by atoms with E-state index in [9.17, 15) is 9.59 Å². The summed E-state index contributed by atoms with van der Waals surface area (Å²) in [6.45, 7) is 0.0725. The van der Waals surface area contributed by atoms with Crippen molar-refractivity contribution in [3.05, 3.63) is 102 Å². The van der Waals surface area contributed by atoms with Crippen molar-refractivity contribution in [2.45, 2.75) is 0 Å². The van der Waals surface area contributed by atoms with Gasteiger partial charge in [0.15, 0.2) is 11.5 Å². The first-order chi connectivity index (χ1) is 16.6. The largest absolute Gasteiger partial charge is 0.493 e. The Balaban J connectivity index is 1.34. The zero-order valence-corrected chi connectivity index (χ0v) is 18.5. The quantitative estimate of drug-likeness (QED) is 0.176. The van der Waals surface area contributed by atoms with Crippen molar-refractivity contribution < 1.29 is 19.1 Å². The number of carbonyl (C=O) groups is 2. The molecule has 0 spiro atoms. The Hall–Kier alpha value is -4.65. The minimum Gasteiger partial charge on any atom is -0.493 e. The fraction of sp³-hybridized carbons (Fsp3) is 0.0741. The summed E-state index contributed by atoms with van der Waals surface area (Å²) in [4.78, 5) is 24.5. The lowest BCUT2D eigenvalue weighted by Gasteiger charge is -2.10. The Labute approximate surface area is 197 Å². The molecule has 2 N–H and O–H groups in total. The summed E-state index contributed by atoms with van der Waals surface area (Å²) >= 11 is 0. The Morgan fingerprint density at radius 3 is 2.47 bits per heavy atom. The third kappa shape index (κ3) is 5.58. The van der Waals surface area contributed by atoms with Crippen LogP contribution < -0.4 is 20.2 Å². The van der Waals surface area contributed by atoms with Crippen LogP contribution in [0.1, 0.15) is 15.9 Å². The molecule has 170 valence electrons. The average Bonchev–Trinajstić information content (AvgIpc) is 2.88. The summed E-state index contributed by atoms with van der Waals surface area (Å²) in [5.41, 5.74) is 4.48. The number of amides is 1. The van der Waals surface area contributed by atoms with E-state index in [0.717, 1.165) is 16.5 Å². The highest BCUT2D eigenvalue weighted by molar-refractivity contribution is 5.95. The highest BCUT2D eigenvalue weighted by atomic mass is 16.6. The number of carbonyl (C=O) groups excluding carboxylic acids is 2. The van der Waals surface area contributed by atoms with Crippen molar-refractivity contribution in [2.24, 2.45) is 5.10 Å². The number of nitrogens with zero attached hydrogens (tertiary/aromatic N) is 1. The fourth-order valence-corrected chi connectivity index (χ4v) is 3.36. The first-order valence-electron chi connectivity index (χ1n) is 10.6. The van der Waals surface area contributed by atoms with Crippen molar-refractivity contribution in [1.82, 2.24) is 5.43 Å². The van der Waals surface area contributed by atoms with Gasteiger partial charge in [-0.3, -0.25) is 4.79 Å². The van der Waals surface area contributed by atoms with Crippen LogP contribution in [0.5, 0.6) is 11.5 Å². The van der Waals surface area contributed by atoms with Crippen LogP contribution >= 0.6 is 0 Å². The van der Waals surface area contributed by atoms with E-state index < -0.39 is 5.97 Å². The van der Waals surface area contributed by atoms with Crippen LogP contribution in [0.2, 0.25) is 0 Å². The van der Waals surface area contributed by atoms with Crippen molar-refractivity contribution in [3.8, 4) is 11.5 Å². The molecule has 1 amide bonds. The standard InChI is InChI=1S/C27H23N3O4/c1-33-25-16-19(14-15-24(25)34-27(32)21-9-3-2-4-10-21)17-29-30-26(31)18-28-23-13-7-11-20-8-5-6-12-22(20)23/h2-17,28H,18H2,1H3,(H,30,31)/b29-17-. The van der Waals surface area contributed by atoms with Gasteiger partial charge in [-0.15, -0.1) is 0 Å². The molecular weight excluding hydrogens is 430 g/mol. The number of esters is 1. The monoisotopic (exact) mass is 453 g/mol. The molecule has 4 rings (SSSR count). The molecule has 0 saturated carbocycles. The number of benzene rings is 4. The van der Waals surface area contributed by atoms with E-state index in [-0.39, 0.29) is 18.2 Å². The number of anilines is 1. The molecule has 0 radical (unpaired) electrons. The molecule has 0 aliphatic carbocycles. The molecule has 4 aromatic carbocycles. The van der Waals surface area contributed by atoms with Gasteiger partial charge in [0, 0.05) is 11.1 Å². The molecule has 7 nitrogen and oxygen atoms in total. The summed E-state index contributed by atoms with van der Waals surface area (Å²) in [6, 6.07) is 27.5. The molecule has 0 aliphatic heterocycles. The van der Waals surface area contributed by atoms with Gasteiger partial charge in [0.2, 0.25) is 0 Å². The van der Waals surface area contributed by atoms with Gasteiger partial charge in [0.1, 0.15) is 0 Å². The molecule has 0 aromatic heterocycles. The maximum Gasteiger partial charge on any atom is 0.343 e. The number of fused-ring (bicyclic) bond motifs is 1. The second kappa shape index (κ2) is 10.8. The van der Waals surface area contributed by atoms with Gasteiger partial charge in [-0.1, -0.05) is 54.6 Å². The van der Waals surface area contributed by atoms with Crippen LogP contribution in [0.25, 0.3) is 10.8 Å². The van der Waals surface area contributed by atoms with Gasteiger partial charge in [-0.2, -0.15) is 5.10 Å². The second-order valence-corrected chi connectivity index (χ2v) is 7.34. The van der Waals surface area contributed by atoms with Gasteiger partial charge in [0.05, 0.1) is 25.4 Å². The minimum absolute atomic E-state index is 0.0725. The van der Waals surface area contributed by atoms with Crippen LogP contribution in [0.15, 0.2) is 96.1 Å². The van der Waals surface area contributed by atoms with Crippen LogP contribution in [-0.4, -0.2) is 31.7 Å². The lowest BCUT2D eigenvalue weighted by atomic mass is 10.1. The lowest BCUT2D eigenvalue weighted by molar-refractivity contribution is -0.119. The van der Waals surface area contributed by atoms with Gasteiger partial charge in [-0.25, -0.2) is 10.2 Å². The second-order valence-electron chi connectivity index (χ2n) is 7.34. The predicted molar refractivity (Wildman–Crippen MR) is 133 cm³/mol. The van der Waals surface area contributed by atoms with Gasteiger partial charge in [-0.05, 0) is 47.3 Å². The van der Waals surface area contributed by atoms with Crippen LogP contribution in [0.4, 0.5) is 5.69 Å².